The smallest absolute Gasteiger partial charge is 0.280 e. The first kappa shape index (κ1) is 20.9. The molecule has 5 N–H and O–H groups in total. The van der Waals surface area contributed by atoms with Gasteiger partial charge < -0.3 is 25.4 Å². The second-order valence-corrected chi connectivity index (χ2v) is 13.5. The molecule has 0 radical (unpaired) electrons. The molecule has 1 aliphatic heterocycles. The Morgan fingerprint density at radius 1 is 1.39 bits per heavy atom. The molecule has 4 atom stereocenters. The Balaban J connectivity index is 2.05. The highest BCUT2D eigenvalue weighted by Crippen LogP contribution is 2.41. The van der Waals surface area contributed by atoms with Crippen molar-refractivity contribution < 1.29 is 13.9 Å². The summed E-state index contributed by atoms with van der Waals surface area (Å²) in [6.07, 6.45) is 0.117. The van der Waals surface area contributed by atoms with Crippen molar-refractivity contribution in [2.45, 2.75) is 63.4 Å². The summed E-state index contributed by atoms with van der Waals surface area (Å²) in [5.41, 5.74) is 12.4. The van der Waals surface area contributed by atoms with E-state index in [-0.39, 0.29) is 22.6 Å². The molecule has 2 aromatic rings. The highest BCUT2D eigenvalue weighted by Gasteiger charge is 2.49. The molecule has 1 fully saturated rings. The maximum atomic E-state index is 12.1. The monoisotopic (exact) mass is 410 g/mol. The highest BCUT2D eigenvalue weighted by molar-refractivity contribution is 6.74. The molecule has 10 nitrogen and oxygen atoms in total. The molecule has 28 heavy (non-hydrogen) atoms. The van der Waals surface area contributed by atoms with Gasteiger partial charge in [-0.1, -0.05) is 20.8 Å². The van der Waals surface area contributed by atoms with E-state index >= 15 is 0 Å². The third kappa shape index (κ3) is 3.60. The van der Waals surface area contributed by atoms with Crippen LogP contribution in [-0.2, 0) is 13.9 Å². The zero-order valence-electron chi connectivity index (χ0n) is 17.2. The number of hydrogen-bond acceptors (Lipinski definition) is 8. The summed E-state index contributed by atoms with van der Waals surface area (Å²) in [5.74, 6) is 0.0110. The van der Waals surface area contributed by atoms with Crippen LogP contribution in [0.2, 0.25) is 18.1 Å². The van der Waals surface area contributed by atoms with Gasteiger partial charge in [-0.3, -0.25) is 14.3 Å². The van der Waals surface area contributed by atoms with Crippen LogP contribution in [-0.4, -0.2) is 59.8 Å². The Hall–Kier alpha value is -1.79. The van der Waals surface area contributed by atoms with E-state index in [1.54, 1.807) is 11.7 Å². The third-order valence-electron chi connectivity index (χ3n) is 5.70. The molecule has 3 heterocycles. The minimum atomic E-state index is -2.16. The van der Waals surface area contributed by atoms with E-state index in [0.717, 1.165) is 0 Å². The number of aromatic nitrogens is 4. The zero-order valence-corrected chi connectivity index (χ0v) is 18.2. The number of anilines is 1. The molecule has 0 bridgehead atoms. The van der Waals surface area contributed by atoms with Gasteiger partial charge >= 0.3 is 0 Å². The zero-order chi connectivity index (χ0) is 20.9. The lowest BCUT2D eigenvalue weighted by Gasteiger charge is -2.40. The number of rotatable bonds is 5. The van der Waals surface area contributed by atoms with Crippen LogP contribution in [0.3, 0.4) is 0 Å². The average Bonchev–Trinajstić information content (AvgIpc) is 3.10. The van der Waals surface area contributed by atoms with E-state index in [4.69, 9.17) is 25.4 Å². The van der Waals surface area contributed by atoms with Gasteiger partial charge in [-0.15, -0.1) is 0 Å². The molecule has 0 spiro atoms. The van der Waals surface area contributed by atoms with E-state index in [1.165, 1.54) is 6.33 Å². The maximum Gasteiger partial charge on any atom is 0.280 e. The van der Waals surface area contributed by atoms with Gasteiger partial charge in [0.1, 0.15) is 12.2 Å². The fourth-order valence-electron chi connectivity index (χ4n) is 3.07. The van der Waals surface area contributed by atoms with Gasteiger partial charge in [0.05, 0.1) is 19.0 Å². The Kier molecular flexibility index (Phi) is 5.40. The fourth-order valence-corrected chi connectivity index (χ4v) is 4.38. The molecule has 1 saturated heterocycles. The SMILES string of the molecule is COC[C@H]1O[C@@H](n2cnc3c(=O)[nH]c(N)nc32)C(O[Si](C)(C)C(C)(C)C)[C@@H]1N. The van der Waals surface area contributed by atoms with Crippen molar-refractivity contribution in [1.82, 2.24) is 19.5 Å². The highest BCUT2D eigenvalue weighted by atomic mass is 28.4. The lowest BCUT2D eigenvalue weighted by atomic mass is 10.1. The molecular weight excluding hydrogens is 380 g/mol. The van der Waals surface area contributed by atoms with Gasteiger partial charge in [0.25, 0.3) is 5.56 Å². The quantitative estimate of drug-likeness (QED) is 0.619. The van der Waals surface area contributed by atoms with Crippen molar-refractivity contribution in [3.8, 4) is 0 Å². The molecule has 1 unspecified atom stereocenters. The minimum absolute atomic E-state index is 0.00650. The topological polar surface area (TPSA) is 143 Å². The van der Waals surface area contributed by atoms with Crippen molar-refractivity contribution in [1.29, 1.82) is 0 Å². The summed E-state index contributed by atoms with van der Waals surface area (Å²) >= 11 is 0. The molecule has 0 aromatic carbocycles. The molecule has 0 amide bonds. The lowest BCUT2D eigenvalue weighted by Crippen LogP contribution is -2.51. The van der Waals surface area contributed by atoms with Crippen LogP contribution in [0.25, 0.3) is 11.2 Å². The Labute approximate surface area is 164 Å². The average molecular weight is 411 g/mol. The van der Waals surface area contributed by atoms with E-state index in [9.17, 15) is 4.79 Å². The Morgan fingerprint density at radius 3 is 2.68 bits per heavy atom. The largest absolute Gasteiger partial charge is 0.408 e. The van der Waals surface area contributed by atoms with Crippen LogP contribution in [0, 0.1) is 0 Å². The second-order valence-electron chi connectivity index (χ2n) is 8.72. The first-order chi connectivity index (χ1) is 13.0. The van der Waals surface area contributed by atoms with Gasteiger partial charge in [-0.2, -0.15) is 4.98 Å². The second kappa shape index (κ2) is 7.23. The Bertz CT molecular complexity index is 905. The van der Waals surface area contributed by atoms with E-state index in [0.29, 0.717) is 12.3 Å². The van der Waals surface area contributed by atoms with Crippen molar-refractivity contribution in [3.05, 3.63) is 16.7 Å². The minimum Gasteiger partial charge on any atom is -0.408 e. The van der Waals surface area contributed by atoms with Gasteiger partial charge in [0.15, 0.2) is 25.7 Å². The van der Waals surface area contributed by atoms with E-state index in [2.05, 4.69) is 48.8 Å². The number of fused-ring (bicyclic) bond motifs is 1. The first-order valence-corrected chi connectivity index (χ1v) is 12.2. The number of aromatic amines is 1. The van der Waals surface area contributed by atoms with Crippen LogP contribution in [0.1, 0.15) is 27.0 Å². The van der Waals surface area contributed by atoms with Crippen molar-refractivity contribution >= 4 is 25.4 Å². The summed E-state index contributed by atoms with van der Waals surface area (Å²) < 4.78 is 19.8. The summed E-state index contributed by atoms with van der Waals surface area (Å²) in [6, 6.07) is -0.407. The van der Waals surface area contributed by atoms with Crippen LogP contribution >= 0.6 is 0 Å². The number of nitrogens with two attached hydrogens (primary N) is 2. The number of hydrogen-bond donors (Lipinski definition) is 3. The summed E-state index contributed by atoms with van der Waals surface area (Å²) in [4.78, 5) is 23.0. The van der Waals surface area contributed by atoms with Gasteiger partial charge in [-0.05, 0) is 18.1 Å². The molecule has 11 heteroatoms. The number of ether oxygens (including phenoxy) is 2. The number of nitrogen functional groups attached to an aromatic ring is 1. The van der Waals surface area contributed by atoms with Crippen molar-refractivity contribution in [3.63, 3.8) is 0 Å². The number of nitrogens with zero attached hydrogens (tertiary/aromatic N) is 3. The third-order valence-corrected chi connectivity index (χ3v) is 10.2. The Morgan fingerprint density at radius 2 is 2.07 bits per heavy atom. The van der Waals surface area contributed by atoms with Gasteiger partial charge in [-0.25, -0.2) is 4.98 Å². The lowest BCUT2D eigenvalue weighted by molar-refractivity contribution is -0.0521. The molecule has 0 aliphatic carbocycles. The molecule has 156 valence electrons. The predicted molar refractivity (Wildman–Crippen MR) is 108 cm³/mol. The number of methoxy groups -OCH3 is 1. The molecular formula is C17H30N6O4Si. The van der Waals surface area contributed by atoms with Crippen LogP contribution < -0.4 is 17.0 Å². The van der Waals surface area contributed by atoms with Crippen LogP contribution in [0.5, 0.6) is 0 Å². The van der Waals surface area contributed by atoms with Crippen molar-refractivity contribution in [2.75, 3.05) is 19.5 Å². The van der Waals surface area contributed by atoms with Crippen molar-refractivity contribution in [2.24, 2.45) is 5.73 Å². The normalized spacial score (nSPS) is 26.2. The fraction of sp³-hybridized carbons (Fsp3) is 0.706. The summed E-state index contributed by atoms with van der Waals surface area (Å²) in [5, 5.41) is -0.00650. The number of imidazole rings is 1. The first-order valence-electron chi connectivity index (χ1n) is 9.26. The van der Waals surface area contributed by atoms with Gasteiger partial charge in [0.2, 0.25) is 5.95 Å². The summed E-state index contributed by atoms with van der Waals surface area (Å²) in [7, 11) is -0.557. The molecule has 3 rings (SSSR count). The number of H-pyrrole nitrogens is 1. The standard InChI is InChI=1S/C17H30N6O4Si/c1-17(2,3)28(5,6)27-12-10(18)9(7-25-4)26-15(12)23-8-20-11-13(23)21-16(19)22-14(11)24/h8-10,12,15H,7,18H2,1-6H3,(H3,19,21,22,24)/t9-,10-,12?,15-/m1/s1. The van der Waals surface area contributed by atoms with E-state index < -0.39 is 32.3 Å². The molecule has 0 saturated carbocycles. The number of nitrogens with one attached hydrogen (secondary N) is 1. The van der Waals surface area contributed by atoms with E-state index in [1.807, 2.05) is 0 Å². The predicted octanol–water partition coefficient (Wildman–Crippen LogP) is 0.963. The summed E-state index contributed by atoms with van der Waals surface area (Å²) in [6.45, 7) is 11.1. The van der Waals surface area contributed by atoms with Gasteiger partial charge in [0, 0.05) is 7.11 Å². The maximum absolute atomic E-state index is 12.1. The molecule has 1 aliphatic rings. The molecule has 2 aromatic heterocycles. The van der Waals surface area contributed by atoms with Crippen LogP contribution in [0.4, 0.5) is 5.95 Å². The van der Waals surface area contributed by atoms with Crippen LogP contribution in [0.15, 0.2) is 11.1 Å².